The third kappa shape index (κ3) is 6.79. The number of ether oxygens (including phenoxy) is 2. The van der Waals surface area contributed by atoms with Crippen LogP contribution in [0.2, 0.25) is 0 Å². The predicted octanol–water partition coefficient (Wildman–Crippen LogP) is 7.85. The lowest BCUT2D eigenvalue weighted by Gasteiger charge is -2.28. The monoisotopic (exact) mass is 574 g/mol. The van der Waals surface area contributed by atoms with Crippen LogP contribution in [0.4, 0.5) is 0 Å². The number of likely N-dealkylation sites (tertiary alicyclic amines) is 1. The van der Waals surface area contributed by atoms with Crippen molar-refractivity contribution in [2.24, 2.45) is 0 Å². The van der Waals surface area contributed by atoms with Gasteiger partial charge in [0.25, 0.3) is 0 Å². The molecule has 5 aromatic rings. The average Bonchev–Trinajstić information content (AvgIpc) is 3.63. The Kier molecular flexibility index (Phi) is 8.52. The third-order valence-electron chi connectivity index (χ3n) is 7.85. The molecule has 1 N–H and O–H groups in total. The van der Waals surface area contributed by atoms with Gasteiger partial charge < -0.3 is 19.0 Å². The minimum Gasteiger partial charge on any atom is -0.493 e. The number of carbonyl (C=O) groups is 1. The minimum absolute atomic E-state index is 0.00424. The van der Waals surface area contributed by atoms with Gasteiger partial charge in [0.15, 0.2) is 0 Å². The Morgan fingerprint density at radius 2 is 1.51 bits per heavy atom. The summed E-state index contributed by atoms with van der Waals surface area (Å²) in [5, 5.41) is 9.96. The molecule has 43 heavy (non-hydrogen) atoms. The molecule has 1 aliphatic heterocycles. The van der Waals surface area contributed by atoms with Crippen LogP contribution in [0.3, 0.4) is 0 Å². The molecule has 7 heteroatoms. The molecular formula is C36H34N2O5. The maximum absolute atomic E-state index is 12.1. The topological polar surface area (TPSA) is 85.0 Å². The highest BCUT2D eigenvalue weighted by molar-refractivity contribution is 5.74. The number of aromatic nitrogens is 1. The molecular weight excluding hydrogens is 540 g/mol. The molecule has 1 fully saturated rings. The molecule has 7 nitrogen and oxygen atoms in total. The minimum atomic E-state index is -0.787. The first-order chi connectivity index (χ1) is 21.0. The average molecular weight is 575 g/mol. The van der Waals surface area contributed by atoms with E-state index in [1.165, 1.54) is 0 Å². The predicted molar refractivity (Wildman–Crippen MR) is 164 cm³/mol. The first-order valence-corrected chi connectivity index (χ1v) is 14.6. The summed E-state index contributed by atoms with van der Waals surface area (Å²) < 4.78 is 17.8. The molecule has 2 heterocycles. The van der Waals surface area contributed by atoms with E-state index in [4.69, 9.17) is 13.9 Å². The number of oxazole rings is 1. The highest BCUT2D eigenvalue weighted by Gasteiger charge is 2.38. The van der Waals surface area contributed by atoms with Gasteiger partial charge in [0.2, 0.25) is 5.89 Å². The van der Waals surface area contributed by atoms with E-state index in [1.54, 1.807) is 0 Å². The maximum atomic E-state index is 12.1. The van der Waals surface area contributed by atoms with E-state index in [-0.39, 0.29) is 6.04 Å². The lowest BCUT2D eigenvalue weighted by Crippen LogP contribution is -2.36. The second kappa shape index (κ2) is 13.0. The van der Waals surface area contributed by atoms with Crippen LogP contribution >= 0.6 is 0 Å². The quantitative estimate of drug-likeness (QED) is 0.172. The molecule has 0 unspecified atom stereocenters. The molecule has 0 amide bonds. The van der Waals surface area contributed by atoms with Gasteiger partial charge in [-0.05, 0) is 79.4 Å². The lowest BCUT2D eigenvalue weighted by molar-refractivity contribution is -0.142. The first kappa shape index (κ1) is 28.2. The van der Waals surface area contributed by atoms with Crippen LogP contribution < -0.4 is 9.47 Å². The van der Waals surface area contributed by atoms with E-state index < -0.39 is 12.0 Å². The summed E-state index contributed by atoms with van der Waals surface area (Å²) in [6.07, 6.45) is 2.02. The fourth-order valence-corrected chi connectivity index (χ4v) is 5.62. The van der Waals surface area contributed by atoms with Gasteiger partial charge in [0.1, 0.15) is 29.1 Å². The van der Waals surface area contributed by atoms with Crippen LogP contribution in [0, 0.1) is 6.92 Å². The number of hydrogen-bond acceptors (Lipinski definition) is 6. The van der Waals surface area contributed by atoms with Gasteiger partial charge in [-0.1, -0.05) is 60.7 Å². The Morgan fingerprint density at radius 3 is 2.21 bits per heavy atom. The van der Waals surface area contributed by atoms with Crippen LogP contribution in [0.5, 0.6) is 17.2 Å². The summed E-state index contributed by atoms with van der Waals surface area (Å²) in [6.45, 7) is 2.93. The van der Waals surface area contributed by atoms with Crippen molar-refractivity contribution in [1.29, 1.82) is 0 Å². The van der Waals surface area contributed by atoms with Crippen molar-refractivity contribution in [2.45, 2.75) is 44.8 Å². The van der Waals surface area contributed by atoms with Crippen LogP contribution in [0.25, 0.3) is 11.5 Å². The summed E-state index contributed by atoms with van der Waals surface area (Å²) in [5.41, 5.74) is 3.96. The summed E-state index contributed by atoms with van der Waals surface area (Å²) in [4.78, 5) is 18.9. The van der Waals surface area contributed by atoms with Crippen molar-refractivity contribution in [2.75, 3.05) is 6.61 Å². The molecule has 1 aromatic heterocycles. The van der Waals surface area contributed by atoms with Gasteiger partial charge in [0, 0.05) is 24.6 Å². The molecule has 6 rings (SSSR count). The normalized spacial score (nSPS) is 16.7. The number of rotatable bonds is 11. The van der Waals surface area contributed by atoms with E-state index in [1.807, 2.05) is 116 Å². The van der Waals surface area contributed by atoms with Gasteiger partial charge in [-0.15, -0.1) is 0 Å². The van der Waals surface area contributed by atoms with Crippen molar-refractivity contribution < 1.29 is 23.8 Å². The SMILES string of the molecule is Cc1oc(-c2ccccc2)nc1CCOc1ccc([C@@H]2CC[C@@H](C(=O)O)N2Cc2ccc(Oc3ccccc3)cc2)cc1. The standard InChI is InChI=1S/C36H34N2O5/c1-25-32(37-35(42-25)28-8-4-2-5-9-28)22-23-41-29-18-14-27(15-19-29)33-20-21-34(36(39)40)38(33)24-26-12-16-31(17-13-26)43-30-10-6-3-7-11-30/h2-19,33-34H,20-24H2,1H3,(H,39,40)/t33-,34-/m0/s1. The molecule has 0 bridgehead atoms. The Hall–Kier alpha value is -4.88. The fraction of sp³-hybridized carbons (Fsp3) is 0.222. The van der Waals surface area contributed by atoms with E-state index in [2.05, 4.69) is 9.88 Å². The number of carboxylic acids is 1. The van der Waals surface area contributed by atoms with Crippen LogP contribution in [0.15, 0.2) is 114 Å². The molecule has 218 valence electrons. The van der Waals surface area contributed by atoms with E-state index in [0.29, 0.717) is 31.9 Å². The molecule has 0 radical (unpaired) electrons. The van der Waals surface area contributed by atoms with Crippen molar-refractivity contribution in [3.05, 3.63) is 132 Å². The van der Waals surface area contributed by atoms with Crippen LogP contribution in [-0.4, -0.2) is 33.6 Å². The largest absolute Gasteiger partial charge is 0.493 e. The van der Waals surface area contributed by atoms with Gasteiger partial charge in [-0.2, -0.15) is 0 Å². The molecule has 0 aliphatic carbocycles. The highest BCUT2D eigenvalue weighted by Crippen LogP contribution is 2.38. The number of nitrogens with zero attached hydrogens (tertiary/aromatic N) is 2. The number of para-hydroxylation sites is 1. The lowest BCUT2D eigenvalue weighted by atomic mass is 10.0. The number of aryl methyl sites for hydroxylation is 1. The number of aliphatic carboxylic acids is 1. The zero-order chi connectivity index (χ0) is 29.6. The Labute approximate surface area is 251 Å². The Bertz CT molecular complexity index is 1630. The van der Waals surface area contributed by atoms with Crippen LogP contribution in [-0.2, 0) is 17.8 Å². The van der Waals surface area contributed by atoms with Crippen molar-refractivity contribution >= 4 is 5.97 Å². The summed E-state index contributed by atoms with van der Waals surface area (Å²) in [6, 6.07) is 34.8. The Balaban J connectivity index is 1.08. The smallest absolute Gasteiger partial charge is 0.320 e. The highest BCUT2D eigenvalue weighted by atomic mass is 16.5. The maximum Gasteiger partial charge on any atom is 0.320 e. The fourth-order valence-electron chi connectivity index (χ4n) is 5.62. The second-order valence-electron chi connectivity index (χ2n) is 10.7. The Morgan fingerprint density at radius 1 is 0.860 bits per heavy atom. The molecule has 1 saturated heterocycles. The number of benzene rings is 4. The van der Waals surface area contributed by atoms with E-state index in [0.717, 1.165) is 51.8 Å². The van der Waals surface area contributed by atoms with E-state index >= 15 is 0 Å². The third-order valence-corrected chi connectivity index (χ3v) is 7.85. The van der Waals surface area contributed by atoms with Gasteiger partial charge >= 0.3 is 5.97 Å². The molecule has 0 saturated carbocycles. The molecule has 1 aliphatic rings. The molecule has 0 spiro atoms. The summed E-state index contributed by atoms with van der Waals surface area (Å²) in [7, 11) is 0. The zero-order valence-electron chi connectivity index (χ0n) is 24.1. The number of carboxylic acid groups (broad SMARTS) is 1. The van der Waals surface area contributed by atoms with Crippen molar-refractivity contribution in [3.8, 4) is 28.7 Å². The van der Waals surface area contributed by atoms with Crippen molar-refractivity contribution in [3.63, 3.8) is 0 Å². The van der Waals surface area contributed by atoms with Crippen molar-refractivity contribution in [1.82, 2.24) is 9.88 Å². The molecule has 2 atom stereocenters. The first-order valence-electron chi connectivity index (χ1n) is 14.6. The van der Waals surface area contributed by atoms with Gasteiger partial charge in [-0.3, -0.25) is 9.69 Å². The molecule has 4 aromatic carbocycles. The zero-order valence-corrected chi connectivity index (χ0v) is 24.1. The summed E-state index contributed by atoms with van der Waals surface area (Å²) >= 11 is 0. The number of hydrogen-bond donors (Lipinski definition) is 1. The summed E-state index contributed by atoms with van der Waals surface area (Å²) in [5.74, 6) is 2.92. The second-order valence-corrected chi connectivity index (χ2v) is 10.7. The van der Waals surface area contributed by atoms with Crippen LogP contribution in [0.1, 0.15) is 41.5 Å². The van der Waals surface area contributed by atoms with Gasteiger partial charge in [0.05, 0.1) is 12.3 Å². The van der Waals surface area contributed by atoms with E-state index in [9.17, 15) is 9.90 Å². The van der Waals surface area contributed by atoms with Gasteiger partial charge in [-0.25, -0.2) is 4.98 Å².